The summed E-state index contributed by atoms with van der Waals surface area (Å²) in [6.07, 6.45) is -5.19. The minimum Gasteiger partial charge on any atom is -0.476 e. The predicted octanol–water partition coefficient (Wildman–Crippen LogP) is 4.21. The van der Waals surface area contributed by atoms with E-state index in [1.54, 1.807) is 0 Å². The number of hydrogen-bond donors (Lipinski definition) is 1. The van der Waals surface area contributed by atoms with E-state index in [1.165, 1.54) is 6.07 Å². The van der Waals surface area contributed by atoms with Crippen molar-refractivity contribution >= 4 is 20.6 Å². The number of amides is 1. The standard InChI is InChI=1S/C17H24F3NO3Si/c1-16(2,3)9-13(24-25(4)5)14-15(22)21-11-8-10(17(18,19)20)6-7-12(11)23-14/h6-8,13-14,25H,9H2,1-5H3,(H,21,22). The van der Waals surface area contributed by atoms with Gasteiger partial charge in [0, 0.05) is 0 Å². The van der Waals surface area contributed by atoms with Crippen LogP contribution in [0.3, 0.4) is 0 Å². The highest BCUT2D eigenvalue weighted by Crippen LogP contribution is 2.38. The number of halogens is 3. The van der Waals surface area contributed by atoms with Gasteiger partial charge in [-0.3, -0.25) is 4.79 Å². The van der Waals surface area contributed by atoms with Crippen LogP contribution in [0.1, 0.15) is 32.8 Å². The molecule has 0 bridgehead atoms. The van der Waals surface area contributed by atoms with Crippen LogP contribution in [0.5, 0.6) is 5.75 Å². The molecule has 0 saturated heterocycles. The molecule has 1 aliphatic heterocycles. The maximum Gasteiger partial charge on any atom is 0.416 e. The predicted molar refractivity (Wildman–Crippen MR) is 92.3 cm³/mol. The number of benzene rings is 1. The van der Waals surface area contributed by atoms with Gasteiger partial charge >= 0.3 is 6.18 Å². The molecule has 25 heavy (non-hydrogen) atoms. The summed E-state index contributed by atoms with van der Waals surface area (Å²) in [5.74, 6) is -0.249. The van der Waals surface area contributed by atoms with Crippen molar-refractivity contribution in [2.24, 2.45) is 5.41 Å². The van der Waals surface area contributed by atoms with E-state index in [0.717, 1.165) is 12.1 Å². The highest BCUT2D eigenvalue weighted by molar-refractivity contribution is 6.48. The summed E-state index contributed by atoms with van der Waals surface area (Å²) < 4.78 is 50.2. The van der Waals surface area contributed by atoms with E-state index in [4.69, 9.17) is 9.16 Å². The van der Waals surface area contributed by atoms with E-state index in [-0.39, 0.29) is 16.9 Å². The van der Waals surface area contributed by atoms with Crippen LogP contribution >= 0.6 is 0 Å². The Morgan fingerprint density at radius 2 is 1.92 bits per heavy atom. The van der Waals surface area contributed by atoms with Crippen molar-refractivity contribution in [3.8, 4) is 5.75 Å². The first-order valence-corrected chi connectivity index (χ1v) is 11.0. The number of alkyl halides is 3. The Bertz CT molecular complexity index is 641. The summed E-state index contributed by atoms with van der Waals surface area (Å²) in [5, 5.41) is 2.53. The van der Waals surface area contributed by atoms with E-state index >= 15 is 0 Å². The molecule has 0 aromatic heterocycles. The first kappa shape index (κ1) is 19.8. The fourth-order valence-electron chi connectivity index (χ4n) is 2.73. The van der Waals surface area contributed by atoms with Gasteiger partial charge < -0.3 is 14.5 Å². The molecule has 4 nitrogen and oxygen atoms in total. The van der Waals surface area contributed by atoms with E-state index in [2.05, 4.69) is 5.32 Å². The second-order valence-electron chi connectivity index (χ2n) is 7.72. The number of anilines is 1. The van der Waals surface area contributed by atoms with Gasteiger partial charge in [0.2, 0.25) is 6.10 Å². The van der Waals surface area contributed by atoms with Gasteiger partial charge in [-0.1, -0.05) is 20.8 Å². The number of carbonyl (C=O) groups excluding carboxylic acids is 1. The van der Waals surface area contributed by atoms with Crippen molar-refractivity contribution in [2.45, 2.75) is 58.7 Å². The van der Waals surface area contributed by atoms with E-state index in [9.17, 15) is 18.0 Å². The number of carbonyl (C=O) groups is 1. The monoisotopic (exact) mass is 375 g/mol. The molecule has 0 fully saturated rings. The van der Waals surface area contributed by atoms with E-state index in [0.29, 0.717) is 6.42 Å². The first-order chi connectivity index (χ1) is 11.4. The number of fused-ring (bicyclic) bond motifs is 1. The lowest BCUT2D eigenvalue weighted by molar-refractivity contribution is -0.138. The van der Waals surface area contributed by atoms with Crippen molar-refractivity contribution in [2.75, 3.05) is 5.32 Å². The fraction of sp³-hybridized carbons (Fsp3) is 0.588. The van der Waals surface area contributed by atoms with Crippen molar-refractivity contribution in [3.63, 3.8) is 0 Å². The first-order valence-electron chi connectivity index (χ1n) is 8.21. The lowest BCUT2D eigenvalue weighted by Gasteiger charge is -2.35. The molecule has 1 aliphatic rings. The number of nitrogens with one attached hydrogen (secondary N) is 1. The maximum atomic E-state index is 12.8. The molecular weight excluding hydrogens is 351 g/mol. The lowest BCUT2D eigenvalue weighted by atomic mass is 9.87. The number of hydrogen-bond acceptors (Lipinski definition) is 3. The van der Waals surface area contributed by atoms with Gasteiger partial charge in [0.25, 0.3) is 5.91 Å². The molecule has 0 saturated carbocycles. The molecule has 1 N–H and O–H groups in total. The molecule has 0 spiro atoms. The zero-order valence-corrected chi connectivity index (χ0v) is 16.2. The second kappa shape index (κ2) is 6.99. The van der Waals surface area contributed by atoms with Crippen LogP contribution in [0.4, 0.5) is 18.9 Å². The van der Waals surface area contributed by atoms with Gasteiger partial charge in [-0.05, 0) is 43.1 Å². The number of rotatable bonds is 4. The quantitative estimate of drug-likeness (QED) is 0.802. The molecule has 0 radical (unpaired) electrons. The van der Waals surface area contributed by atoms with Gasteiger partial charge in [0.15, 0.2) is 9.04 Å². The molecule has 140 valence electrons. The SMILES string of the molecule is C[SiH](C)OC(CC(C)(C)C)C1Oc2ccc(C(F)(F)F)cc2NC1=O. The van der Waals surface area contributed by atoms with Crippen LogP contribution in [-0.4, -0.2) is 27.2 Å². The van der Waals surface area contributed by atoms with Crippen LogP contribution in [0.25, 0.3) is 0 Å². The third-order valence-corrected chi connectivity index (χ3v) is 4.57. The van der Waals surface area contributed by atoms with E-state index < -0.39 is 38.9 Å². The Balaban J connectivity index is 2.28. The van der Waals surface area contributed by atoms with Gasteiger partial charge in [-0.15, -0.1) is 0 Å². The van der Waals surface area contributed by atoms with E-state index in [1.807, 2.05) is 33.9 Å². The molecule has 2 unspecified atom stereocenters. The molecule has 8 heteroatoms. The summed E-state index contributed by atoms with van der Waals surface area (Å²) in [6.45, 7) is 10.1. The van der Waals surface area contributed by atoms with Crippen LogP contribution in [-0.2, 0) is 15.4 Å². The zero-order valence-electron chi connectivity index (χ0n) is 15.0. The molecule has 1 aromatic carbocycles. The van der Waals surface area contributed by atoms with Gasteiger partial charge in [-0.25, -0.2) is 0 Å². The Labute approximate surface area is 147 Å². The topological polar surface area (TPSA) is 47.6 Å². The fourth-order valence-corrected chi connectivity index (χ4v) is 3.66. The summed E-state index contributed by atoms with van der Waals surface area (Å²) in [4.78, 5) is 12.4. The molecule has 2 atom stereocenters. The Kier molecular flexibility index (Phi) is 5.53. The molecule has 1 aromatic rings. The Morgan fingerprint density at radius 3 is 2.44 bits per heavy atom. The molecule has 0 aliphatic carbocycles. The Morgan fingerprint density at radius 1 is 1.28 bits per heavy atom. The third kappa shape index (κ3) is 5.21. The highest BCUT2D eigenvalue weighted by Gasteiger charge is 2.39. The molecule has 1 heterocycles. The average Bonchev–Trinajstić information content (AvgIpc) is 2.42. The van der Waals surface area contributed by atoms with Gasteiger partial charge in [-0.2, -0.15) is 13.2 Å². The summed E-state index contributed by atoms with van der Waals surface area (Å²) in [7, 11) is -1.44. The normalized spacial score (nSPS) is 19.2. The van der Waals surface area contributed by atoms with Crippen LogP contribution < -0.4 is 10.1 Å². The largest absolute Gasteiger partial charge is 0.476 e. The number of ether oxygens (including phenoxy) is 1. The highest BCUT2D eigenvalue weighted by atomic mass is 28.3. The summed E-state index contributed by atoms with van der Waals surface area (Å²) >= 11 is 0. The zero-order chi connectivity index (χ0) is 19.0. The maximum absolute atomic E-state index is 12.8. The minimum atomic E-state index is -4.47. The Hall–Kier alpha value is -1.54. The minimum absolute atomic E-state index is 0.0346. The van der Waals surface area contributed by atoms with Crippen LogP contribution in [0.15, 0.2) is 18.2 Å². The van der Waals surface area contributed by atoms with Crippen molar-refractivity contribution in [3.05, 3.63) is 23.8 Å². The van der Waals surface area contributed by atoms with Gasteiger partial charge in [0.1, 0.15) is 5.75 Å². The lowest BCUT2D eigenvalue weighted by Crippen LogP contribution is -2.49. The van der Waals surface area contributed by atoms with Crippen molar-refractivity contribution in [1.82, 2.24) is 0 Å². The third-order valence-electron chi connectivity index (χ3n) is 3.68. The molecule has 1 amide bonds. The van der Waals surface area contributed by atoms with Crippen LogP contribution in [0.2, 0.25) is 13.1 Å². The van der Waals surface area contributed by atoms with Crippen LogP contribution in [0, 0.1) is 5.41 Å². The smallest absolute Gasteiger partial charge is 0.416 e. The second-order valence-corrected chi connectivity index (χ2v) is 10.1. The summed E-state index contributed by atoms with van der Waals surface area (Å²) in [5.41, 5.74) is -0.879. The van der Waals surface area contributed by atoms with Gasteiger partial charge in [0.05, 0.1) is 17.4 Å². The molecule has 2 rings (SSSR count). The van der Waals surface area contributed by atoms with Crippen molar-refractivity contribution in [1.29, 1.82) is 0 Å². The molecular formula is C17H24F3NO3Si. The average molecular weight is 375 g/mol. The summed E-state index contributed by atoms with van der Waals surface area (Å²) in [6, 6.07) is 3.08. The van der Waals surface area contributed by atoms with Crippen molar-refractivity contribution < 1.29 is 27.1 Å².